The molecule has 0 rings (SSSR count). The minimum absolute atomic E-state index is 0.227. The molecule has 0 aliphatic heterocycles. The average Bonchev–Trinajstić information content (AvgIpc) is 2.57. The van der Waals surface area contributed by atoms with Crippen molar-refractivity contribution in [2.75, 3.05) is 40.9 Å². The fourth-order valence-electron chi connectivity index (χ4n) is 2.64. The van der Waals surface area contributed by atoms with Gasteiger partial charge < -0.3 is 9.38 Å². The first kappa shape index (κ1) is 26.8. The Hall–Kier alpha value is -0.190. The summed E-state index contributed by atoms with van der Waals surface area (Å²) >= 11 is 0. The van der Waals surface area contributed by atoms with Crippen molar-refractivity contribution in [1.82, 2.24) is 0 Å². The monoisotopic (exact) mass is 406 g/mol. The van der Waals surface area contributed by atoms with Crippen LogP contribution in [0.1, 0.15) is 84.0 Å². The average molecular weight is 407 g/mol. The molecular formula is C21H45NO4P+. The van der Waals surface area contributed by atoms with Gasteiger partial charge in [-0.05, 0) is 32.1 Å². The van der Waals surface area contributed by atoms with Gasteiger partial charge in [0.2, 0.25) is 0 Å². The first-order valence-electron chi connectivity index (χ1n) is 10.8. The van der Waals surface area contributed by atoms with Crippen LogP contribution in [0.2, 0.25) is 0 Å². The van der Waals surface area contributed by atoms with Crippen LogP contribution in [0.25, 0.3) is 0 Å². The normalized spacial score (nSPS) is 14.7. The number of phosphoric ester groups is 1. The number of nitrogens with zero attached hydrogens (tertiary/aromatic N) is 1. The van der Waals surface area contributed by atoms with E-state index < -0.39 is 7.82 Å². The van der Waals surface area contributed by atoms with Crippen molar-refractivity contribution >= 4 is 7.82 Å². The molecule has 5 nitrogen and oxygen atoms in total. The molecule has 0 aliphatic rings. The van der Waals surface area contributed by atoms with Crippen molar-refractivity contribution in [1.29, 1.82) is 0 Å². The summed E-state index contributed by atoms with van der Waals surface area (Å²) < 4.78 is 22.4. The molecule has 1 N–H and O–H groups in total. The van der Waals surface area contributed by atoms with Gasteiger partial charge >= 0.3 is 7.82 Å². The summed E-state index contributed by atoms with van der Waals surface area (Å²) in [6.07, 6.45) is 19.2. The van der Waals surface area contributed by atoms with Crippen molar-refractivity contribution in [3.05, 3.63) is 12.2 Å². The minimum atomic E-state index is -3.88. The molecular weight excluding hydrogens is 361 g/mol. The summed E-state index contributed by atoms with van der Waals surface area (Å²) in [4.78, 5) is 9.61. The van der Waals surface area contributed by atoms with Crippen LogP contribution in [0, 0.1) is 0 Å². The van der Waals surface area contributed by atoms with E-state index in [0.717, 1.165) is 19.3 Å². The Morgan fingerprint density at radius 2 is 1.26 bits per heavy atom. The molecule has 0 bridgehead atoms. The lowest BCUT2D eigenvalue weighted by Crippen LogP contribution is -2.37. The third-order valence-electron chi connectivity index (χ3n) is 4.43. The van der Waals surface area contributed by atoms with Gasteiger partial charge in [0, 0.05) is 0 Å². The Morgan fingerprint density at radius 1 is 0.778 bits per heavy atom. The number of phosphoric acid groups is 1. The van der Waals surface area contributed by atoms with Gasteiger partial charge in [-0.2, -0.15) is 0 Å². The Bertz CT molecular complexity index is 407. The van der Waals surface area contributed by atoms with E-state index in [-0.39, 0.29) is 6.61 Å². The van der Waals surface area contributed by atoms with Gasteiger partial charge in [0.25, 0.3) is 0 Å². The molecule has 0 aromatic carbocycles. The first-order chi connectivity index (χ1) is 12.8. The topological polar surface area (TPSA) is 55.8 Å². The first-order valence-corrected chi connectivity index (χ1v) is 12.3. The van der Waals surface area contributed by atoms with Crippen LogP contribution in [0.15, 0.2) is 12.2 Å². The highest BCUT2D eigenvalue weighted by atomic mass is 31.2. The number of hydrogen-bond acceptors (Lipinski definition) is 3. The van der Waals surface area contributed by atoms with E-state index in [9.17, 15) is 9.46 Å². The van der Waals surface area contributed by atoms with Gasteiger partial charge in [-0.1, -0.05) is 64.0 Å². The summed E-state index contributed by atoms with van der Waals surface area (Å²) in [5.74, 6) is 0. The number of likely N-dealkylation sites (N-methyl/N-ethyl adjacent to an activating group) is 1. The minimum Gasteiger partial charge on any atom is -0.329 e. The molecule has 6 heteroatoms. The summed E-state index contributed by atoms with van der Waals surface area (Å²) in [5, 5.41) is 0. The lowest BCUT2D eigenvalue weighted by molar-refractivity contribution is -0.870. The van der Waals surface area contributed by atoms with E-state index in [2.05, 4.69) is 19.1 Å². The van der Waals surface area contributed by atoms with Crippen LogP contribution in [-0.2, 0) is 13.6 Å². The maximum atomic E-state index is 11.7. The Balaban J connectivity index is 3.39. The molecule has 0 fully saturated rings. The Labute approximate surface area is 168 Å². The number of hydrogen-bond donors (Lipinski definition) is 1. The molecule has 162 valence electrons. The molecule has 1 unspecified atom stereocenters. The zero-order chi connectivity index (χ0) is 20.4. The summed E-state index contributed by atoms with van der Waals surface area (Å²) in [7, 11) is 2.15. The second-order valence-corrected chi connectivity index (χ2v) is 9.83. The molecule has 0 aliphatic carbocycles. The van der Waals surface area contributed by atoms with Crippen LogP contribution < -0.4 is 0 Å². The predicted molar refractivity (Wildman–Crippen MR) is 115 cm³/mol. The van der Waals surface area contributed by atoms with E-state index in [0.29, 0.717) is 17.6 Å². The lowest BCUT2D eigenvalue weighted by Gasteiger charge is -2.24. The van der Waals surface area contributed by atoms with Crippen molar-refractivity contribution in [3.63, 3.8) is 0 Å². The zero-order valence-corrected chi connectivity index (χ0v) is 19.2. The van der Waals surface area contributed by atoms with E-state index in [1.54, 1.807) is 0 Å². The largest absolute Gasteiger partial charge is 0.472 e. The molecule has 0 amide bonds. The van der Waals surface area contributed by atoms with Crippen LogP contribution >= 0.6 is 7.82 Å². The van der Waals surface area contributed by atoms with Crippen molar-refractivity contribution in [3.8, 4) is 0 Å². The molecule has 0 spiro atoms. The quantitative estimate of drug-likeness (QED) is 0.122. The third-order valence-corrected chi connectivity index (χ3v) is 5.44. The van der Waals surface area contributed by atoms with E-state index in [1.165, 1.54) is 57.8 Å². The van der Waals surface area contributed by atoms with Crippen molar-refractivity contribution < 1.29 is 23.0 Å². The summed E-state index contributed by atoms with van der Waals surface area (Å²) in [6, 6.07) is 0. The van der Waals surface area contributed by atoms with Crippen molar-refractivity contribution in [2.24, 2.45) is 0 Å². The Kier molecular flexibility index (Phi) is 16.6. The summed E-state index contributed by atoms with van der Waals surface area (Å²) in [5.41, 5.74) is 0. The molecule has 27 heavy (non-hydrogen) atoms. The maximum Gasteiger partial charge on any atom is 0.472 e. The van der Waals surface area contributed by atoms with Gasteiger partial charge in [0.1, 0.15) is 13.2 Å². The lowest BCUT2D eigenvalue weighted by atomic mass is 10.1. The SMILES string of the molecule is CCCCCC/C=C/CCCCCCCCOP(=O)(O)OCC[N+](C)(C)C. The molecule has 0 aromatic heterocycles. The second kappa shape index (κ2) is 16.7. The number of rotatable bonds is 19. The number of unbranched alkanes of at least 4 members (excludes halogenated alkanes) is 10. The van der Waals surface area contributed by atoms with Gasteiger partial charge in [0.05, 0.1) is 27.7 Å². The molecule has 1 atom stereocenters. The molecule has 0 heterocycles. The maximum absolute atomic E-state index is 11.7. The smallest absolute Gasteiger partial charge is 0.329 e. The van der Waals surface area contributed by atoms with E-state index >= 15 is 0 Å². The van der Waals surface area contributed by atoms with Crippen LogP contribution in [0.3, 0.4) is 0 Å². The van der Waals surface area contributed by atoms with Crippen LogP contribution in [0.5, 0.6) is 0 Å². The standard InChI is InChI=1S/C21H44NO4P/c1-5-6-7-8-9-10-11-12-13-14-15-16-17-18-20-25-27(23,24)26-21-19-22(2,3)4/h10-11H,5-9,12-21H2,1-4H3/p+1/b11-10+. The fraction of sp³-hybridized carbons (Fsp3) is 0.905. The van der Waals surface area contributed by atoms with Gasteiger partial charge in [0.15, 0.2) is 0 Å². The highest BCUT2D eigenvalue weighted by Crippen LogP contribution is 2.43. The van der Waals surface area contributed by atoms with Crippen LogP contribution in [0.4, 0.5) is 0 Å². The Morgan fingerprint density at radius 3 is 1.81 bits per heavy atom. The van der Waals surface area contributed by atoms with Gasteiger partial charge in [-0.15, -0.1) is 0 Å². The van der Waals surface area contributed by atoms with E-state index in [1.807, 2.05) is 21.1 Å². The number of quaternary nitrogens is 1. The molecule has 0 radical (unpaired) electrons. The fourth-order valence-corrected chi connectivity index (χ4v) is 3.39. The van der Waals surface area contributed by atoms with Gasteiger partial charge in [-0.25, -0.2) is 4.57 Å². The zero-order valence-electron chi connectivity index (χ0n) is 18.3. The highest BCUT2D eigenvalue weighted by molar-refractivity contribution is 7.47. The van der Waals surface area contributed by atoms with E-state index in [4.69, 9.17) is 9.05 Å². The van der Waals surface area contributed by atoms with Crippen LogP contribution in [-0.4, -0.2) is 50.3 Å². The molecule has 0 saturated heterocycles. The molecule has 0 aromatic rings. The predicted octanol–water partition coefficient (Wildman–Crippen LogP) is 6.08. The highest BCUT2D eigenvalue weighted by Gasteiger charge is 2.21. The van der Waals surface area contributed by atoms with Crippen molar-refractivity contribution in [2.45, 2.75) is 84.0 Å². The number of allylic oxidation sites excluding steroid dienone is 2. The molecule has 0 saturated carbocycles. The second-order valence-electron chi connectivity index (χ2n) is 8.38. The van der Waals surface area contributed by atoms with Gasteiger partial charge in [-0.3, -0.25) is 9.05 Å². The third kappa shape index (κ3) is 22.0. The summed E-state index contributed by atoms with van der Waals surface area (Å²) in [6.45, 7) is 3.43.